The Hall–Kier alpha value is -0.770. The number of unbranched alkanes of at least 4 members (excludes halogenated alkanes) is 13. The van der Waals surface area contributed by atoms with Gasteiger partial charge >= 0.3 is 11.9 Å². The summed E-state index contributed by atoms with van der Waals surface area (Å²) in [6.45, 7) is 3.36. The largest absolute Gasteiger partial charge is 0.405 e. The fraction of sp³-hybridized carbons (Fsp3) is 0.962. The van der Waals surface area contributed by atoms with Crippen LogP contribution in [-0.2, 0) is 14.3 Å². The molecule has 0 amide bonds. The smallest absolute Gasteiger partial charge is 0.357 e. The summed E-state index contributed by atoms with van der Waals surface area (Å²) < 4.78 is 10.0. The van der Waals surface area contributed by atoms with E-state index in [9.17, 15) is 30.3 Å². The van der Waals surface area contributed by atoms with Crippen LogP contribution in [0.15, 0.2) is 0 Å². The topological polar surface area (TPSA) is 137 Å². The Balaban J connectivity index is 2.19. The molecule has 1 aliphatic rings. The minimum Gasteiger partial charge on any atom is -0.405 e. The van der Waals surface area contributed by atoms with Crippen LogP contribution in [-0.4, -0.2) is 68.5 Å². The van der Waals surface area contributed by atoms with E-state index in [0.29, 0.717) is 12.8 Å². The van der Waals surface area contributed by atoms with Crippen LogP contribution in [0.25, 0.3) is 0 Å². The highest BCUT2D eigenvalue weighted by Gasteiger charge is 2.56. The van der Waals surface area contributed by atoms with Gasteiger partial charge in [-0.3, -0.25) is 4.79 Å². The monoisotopic (exact) mass is 490 g/mol. The highest BCUT2D eigenvalue weighted by Crippen LogP contribution is 2.31. The Kier molecular flexibility index (Phi) is 16.2. The molecule has 0 aliphatic carbocycles. The molecule has 1 aliphatic heterocycles. The highest BCUT2D eigenvalue weighted by molar-refractivity contribution is 5.72. The summed E-state index contributed by atoms with van der Waals surface area (Å²) in [4.78, 5) is 12.6. The zero-order valence-electron chi connectivity index (χ0n) is 21.4. The molecule has 0 bridgehead atoms. The van der Waals surface area contributed by atoms with E-state index in [1.54, 1.807) is 0 Å². The zero-order chi connectivity index (χ0) is 25.4. The second kappa shape index (κ2) is 17.6. The lowest BCUT2D eigenvalue weighted by Crippen LogP contribution is -2.66. The molecule has 2 unspecified atom stereocenters. The molecule has 0 aromatic carbocycles. The van der Waals surface area contributed by atoms with E-state index in [2.05, 4.69) is 6.92 Å². The Morgan fingerprint density at radius 1 is 0.824 bits per heavy atom. The first-order chi connectivity index (χ1) is 16.3. The lowest BCUT2D eigenvalue weighted by atomic mass is 9.96. The Morgan fingerprint density at radius 3 is 1.74 bits per heavy atom. The summed E-state index contributed by atoms with van der Waals surface area (Å²) in [5, 5.41) is 49.4. The molecular weight excluding hydrogens is 440 g/mol. The van der Waals surface area contributed by atoms with Gasteiger partial charge in [0, 0.05) is 0 Å². The number of hydrogen-bond acceptors (Lipinski definition) is 8. The van der Waals surface area contributed by atoms with Crippen LogP contribution < -0.4 is 0 Å². The van der Waals surface area contributed by atoms with Crippen molar-refractivity contribution in [3.05, 3.63) is 0 Å². The molecule has 34 heavy (non-hydrogen) atoms. The van der Waals surface area contributed by atoms with Crippen molar-refractivity contribution in [1.29, 1.82) is 0 Å². The van der Waals surface area contributed by atoms with Crippen LogP contribution in [0.4, 0.5) is 0 Å². The van der Waals surface area contributed by atoms with Gasteiger partial charge in [-0.05, 0) is 12.8 Å². The van der Waals surface area contributed by atoms with Gasteiger partial charge in [0.1, 0.15) is 18.3 Å². The van der Waals surface area contributed by atoms with Crippen LogP contribution in [0.5, 0.6) is 0 Å². The lowest BCUT2D eigenvalue weighted by molar-refractivity contribution is -0.435. The number of aliphatic hydroxyl groups is 5. The fourth-order valence-corrected chi connectivity index (χ4v) is 4.51. The van der Waals surface area contributed by atoms with Gasteiger partial charge in [0.25, 0.3) is 0 Å². The number of carbonyl (C=O) groups excluding carboxylic acids is 1. The third-order valence-corrected chi connectivity index (χ3v) is 6.91. The van der Waals surface area contributed by atoms with Gasteiger partial charge in [0.2, 0.25) is 0 Å². The number of carbonyl (C=O) groups is 1. The third kappa shape index (κ3) is 10.9. The maximum Gasteiger partial charge on any atom is 0.357 e. The standard InChI is InChI=1S/C26H50O8/c1-3-5-6-7-8-9-10-11-12-13-14-15-16-17-18-20(4-2)25(31)34-26(32)24(30)23(29)22(28)21(19-27)33-26/h20-24,27-30,32H,3-19H2,1-2H3/t20?,21-,22-,23+,24-,26?/m1/s1. The molecule has 202 valence electrons. The minimum absolute atomic E-state index is 0.478. The third-order valence-electron chi connectivity index (χ3n) is 6.91. The zero-order valence-corrected chi connectivity index (χ0v) is 21.4. The molecule has 1 heterocycles. The van der Waals surface area contributed by atoms with E-state index in [-0.39, 0.29) is 0 Å². The fourth-order valence-electron chi connectivity index (χ4n) is 4.51. The quantitative estimate of drug-likeness (QED) is 0.105. The molecule has 1 fully saturated rings. The molecule has 0 aromatic heterocycles. The van der Waals surface area contributed by atoms with Crippen LogP contribution in [0.3, 0.4) is 0 Å². The predicted molar refractivity (Wildman–Crippen MR) is 130 cm³/mol. The Bertz CT molecular complexity index is 529. The molecule has 1 saturated heterocycles. The van der Waals surface area contributed by atoms with Gasteiger partial charge in [-0.1, -0.05) is 104 Å². The molecule has 6 atom stereocenters. The summed E-state index contributed by atoms with van der Waals surface area (Å²) in [7, 11) is 0. The van der Waals surface area contributed by atoms with Crippen molar-refractivity contribution < 1.29 is 39.8 Å². The van der Waals surface area contributed by atoms with Gasteiger partial charge in [-0.2, -0.15) is 0 Å². The van der Waals surface area contributed by atoms with Gasteiger partial charge in [-0.15, -0.1) is 0 Å². The van der Waals surface area contributed by atoms with Gasteiger partial charge in [-0.25, -0.2) is 0 Å². The number of ether oxygens (including phenoxy) is 2. The van der Waals surface area contributed by atoms with E-state index in [4.69, 9.17) is 9.47 Å². The average molecular weight is 491 g/mol. The number of esters is 1. The van der Waals surface area contributed by atoms with Crippen molar-refractivity contribution in [2.75, 3.05) is 6.61 Å². The van der Waals surface area contributed by atoms with Gasteiger partial charge < -0.3 is 35.0 Å². The Labute approximate surface area is 205 Å². The maximum atomic E-state index is 12.6. The second-order valence-electron chi connectivity index (χ2n) is 9.81. The number of hydrogen-bond donors (Lipinski definition) is 5. The van der Waals surface area contributed by atoms with Crippen LogP contribution in [0.1, 0.15) is 117 Å². The van der Waals surface area contributed by atoms with E-state index < -0.39 is 48.9 Å². The number of aliphatic hydroxyl groups excluding tert-OH is 4. The normalized spacial score (nSPS) is 28.1. The van der Waals surface area contributed by atoms with E-state index in [1.807, 2.05) is 6.92 Å². The molecule has 1 rings (SSSR count). The van der Waals surface area contributed by atoms with Crippen molar-refractivity contribution in [2.45, 2.75) is 147 Å². The molecular formula is C26H50O8. The molecule has 0 saturated carbocycles. The van der Waals surface area contributed by atoms with Crippen LogP contribution >= 0.6 is 0 Å². The van der Waals surface area contributed by atoms with Crippen molar-refractivity contribution in [2.24, 2.45) is 5.92 Å². The van der Waals surface area contributed by atoms with Crippen molar-refractivity contribution in [3.63, 3.8) is 0 Å². The van der Waals surface area contributed by atoms with Gasteiger partial charge in [0.15, 0.2) is 6.10 Å². The minimum atomic E-state index is -2.81. The molecule has 8 heteroatoms. The van der Waals surface area contributed by atoms with E-state index >= 15 is 0 Å². The van der Waals surface area contributed by atoms with Crippen molar-refractivity contribution >= 4 is 5.97 Å². The predicted octanol–water partition coefficient (Wildman–Crippen LogP) is 3.55. The summed E-state index contributed by atoms with van der Waals surface area (Å²) in [6.07, 6.45) is 11.7. The molecule has 0 spiro atoms. The van der Waals surface area contributed by atoms with Crippen molar-refractivity contribution in [1.82, 2.24) is 0 Å². The first kappa shape index (κ1) is 31.3. The van der Waals surface area contributed by atoms with E-state index in [0.717, 1.165) is 19.3 Å². The maximum absolute atomic E-state index is 12.6. The lowest BCUT2D eigenvalue weighted by Gasteiger charge is -2.44. The van der Waals surface area contributed by atoms with Crippen molar-refractivity contribution in [3.8, 4) is 0 Å². The summed E-state index contributed by atoms with van der Waals surface area (Å²) in [5.74, 6) is -4.03. The molecule has 5 N–H and O–H groups in total. The Morgan fingerprint density at radius 2 is 1.29 bits per heavy atom. The van der Waals surface area contributed by atoms with E-state index in [1.165, 1.54) is 70.6 Å². The first-order valence-corrected chi connectivity index (χ1v) is 13.6. The summed E-state index contributed by atoms with van der Waals surface area (Å²) in [5.41, 5.74) is 0. The summed E-state index contributed by atoms with van der Waals surface area (Å²) >= 11 is 0. The van der Waals surface area contributed by atoms with Gasteiger partial charge in [0.05, 0.1) is 12.5 Å². The number of rotatable bonds is 19. The highest BCUT2D eigenvalue weighted by atomic mass is 16.8. The van der Waals surface area contributed by atoms with Crippen LogP contribution in [0, 0.1) is 5.92 Å². The van der Waals surface area contributed by atoms with Crippen LogP contribution in [0.2, 0.25) is 0 Å². The molecule has 8 nitrogen and oxygen atoms in total. The first-order valence-electron chi connectivity index (χ1n) is 13.6. The molecule has 0 aromatic rings. The summed E-state index contributed by atoms with van der Waals surface area (Å²) in [6, 6.07) is 0. The second-order valence-corrected chi connectivity index (χ2v) is 9.81. The SMILES string of the molecule is CCCCCCCCCCCCCCCCC(CC)C(=O)OC1(O)O[C@H](CO)[C@@H](O)[C@H](O)[C@H]1O. The average Bonchev–Trinajstić information content (AvgIpc) is 2.82. The molecule has 0 radical (unpaired) electrons.